The van der Waals surface area contributed by atoms with Crippen molar-refractivity contribution in [3.63, 3.8) is 0 Å². The zero-order chi connectivity index (χ0) is 15.6. The van der Waals surface area contributed by atoms with Gasteiger partial charge in [0.05, 0.1) is 33.6 Å². The van der Waals surface area contributed by atoms with Gasteiger partial charge in [0.15, 0.2) is 0 Å². The van der Waals surface area contributed by atoms with Crippen molar-refractivity contribution < 1.29 is 9.53 Å². The zero-order valence-electron chi connectivity index (χ0n) is 11.7. The molecule has 0 aliphatic rings. The number of anilines is 1. The summed E-state index contributed by atoms with van der Waals surface area (Å²) < 4.78 is 6.07. The lowest BCUT2D eigenvalue weighted by Gasteiger charge is -2.11. The Bertz CT molecular complexity index is 665. The molecule has 0 saturated heterocycles. The molecule has 0 saturated carbocycles. The maximum Gasteiger partial charge on any atom is 0.316 e. The number of hydrogen-bond acceptors (Lipinski definition) is 5. The van der Waals surface area contributed by atoms with Crippen LogP contribution in [0.5, 0.6) is 6.01 Å². The van der Waals surface area contributed by atoms with Crippen molar-refractivity contribution in [1.82, 2.24) is 9.97 Å². The first-order chi connectivity index (χ1) is 9.92. The van der Waals surface area contributed by atoms with E-state index >= 15 is 0 Å². The Hall–Kier alpha value is -1.37. The van der Waals surface area contributed by atoms with Crippen LogP contribution < -0.4 is 10.1 Å². The van der Waals surface area contributed by atoms with E-state index in [0.29, 0.717) is 43.9 Å². The van der Waals surface area contributed by atoms with Crippen LogP contribution in [-0.2, 0) is 0 Å². The molecule has 0 aliphatic carbocycles. The Morgan fingerprint density at radius 1 is 1.33 bits per heavy atom. The summed E-state index contributed by atoms with van der Waals surface area (Å²) in [7, 11) is 0. The summed E-state index contributed by atoms with van der Waals surface area (Å²) in [5, 5.41) is 2.76. The molecule has 21 heavy (non-hydrogen) atoms. The standard InChI is InChI=1S/C13H13Cl2N3O2S/c1-4-20-13-16-6(2)10(7(3)17-13)18-12(19)8-5-9(14)21-11(8)15/h5H,4H2,1-3H3,(H,18,19). The highest BCUT2D eigenvalue weighted by Gasteiger charge is 2.17. The molecule has 2 aromatic heterocycles. The molecule has 1 N–H and O–H groups in total. The van der Waals surface area contributed by atoms with Gasteiger partial charge in [-0.2, -0.15) is 9.97 Å². The van der Waals surface area contributed by atoms with Gasteiger partial charge in [0.1, 0.15) is 4.34 Å². The largest absolute Gasteiger partial charge is 0.464 e. The van der Waals surface area contributed by atoms with Crippen LogP contribution in [0, 0.1) is 13.8 Å². The molecule has 5 nitrogen and oxygen atoms in total. The summed E-state index contributed by atoms with van der Waals surface area (Å²) >= 11 is 13.0. The summed E-state index contributed by atoms with van der Waals surface area (Å²) in [4.78, 5) is 20.6. The van der Waals surface area contributed by atoms with Gasteiger partial charge in [-0.3, -0.25) is 4.79 Å². The number of carbonyl (C=O) groups excluding carboxylic acids is 1. The van der Waals surface area contributed by atoms with E-state index in [0.717, 1.165) is 11.3 Å². The molecule has 0 spiro atoms. The van der Waals surface area contributed by atoms with Gasteiger partial charge in [-0.05, 0) is 26.8 Å². The van der Waals surface area contributed by atoms with Crippen molar-refractivity contribution in [1.29, 1.82) is 0 Å². The van der Waals surface area contributed by atoms with Crippen LogP contribution in [0.25, 0.3) is 0 Å². The quantitative estimate of drug-likeness (QED) is 0.905. The third-order valence-electron chi connectivity index (χ3n) is 2.66. The molecular weight excluding hydrogens is 333 g/mol. The van der Waals surface area contributed by atoms with E-state index in [2.05, 4.69) is 15.3 Å². The topological polar surface area (TPSA) is 64.1 Å². The van der Waals surface area contributed by atoms with Gasteiger partial charge in [0.2, 0.25) is 0 Å². The summed E-state index contributed by atoms with van der Waals surface area (Å²) in [5.74, 6) is -0.345. The predicted octanol–water partition coefficient (Wildman–Crippen LogP) is 4.11. The van der Waals surface area contributed by atoms with E-state index in [4.69, 9.17) is 27.9 Å². The van der Waals surface area contributed by atoms with Crippen LogP contribution in [0.2, 0.25) is 8.67 Å². The number of carbonyl (C=O) groups is 1. The number of rotatable bonds is 4. The lowest BCUT2D eigenvalue weighted by molar-refractivity contribution is 0.102. The number of thiophene rings is 1. The van der Waals surface area contributed by atoms with E-state index in [1.54, 1.807) is 13.8 Å². The normalized spacial score (nSPS) is 10.5. The molecule has 0 bridgehead atoms. The van der Waals surface area contributed by atoms with Crippen molar-refractivity contribution in [2.24, 2.45) is 0 Å². The van der Waals surface area contributed by atoms with Crippen molar-refractivity contribution in [2.45, 2.75) is 20.8 Å². The lowest BCUT2D eigenvalue weighted by atomic mass is 10.2. The molecule has 2 rings (SSSR count). The molecule has 0 radical (unpaired) electrons. The van der Waals surface area contributed by atoms with Gasteiger partial charge in [-0.1, -0.05) is 23.2 Å². The minimum atomic E-state index is -0.345. The van der Waals surface area contributed by atoms with Crippen LogP contribution >= 0.6 is 34.5 Å². The zero-order valence-corrected chi connectivity index (χ0v) is 14.0. The highest BCUT2D eigenvalue weighted by molar-refractivity contribution is 7.20. The van der Waals surface area contributed by atoms with Crippen molar-refractivity contribution in [2.75, 3.05) is 11.9 Å². The average Bonchev–Trinajstić information content (AvgIpc) is 2.73. The summed E-state index contributed by atoms with van der Waals surface area (Å²) in [6, 6.07) is 1.83. The van der Waals surface area contributed by atoms with E-state index in [1.165, 1.54) is 6.07 Å². The molecule has 0 aliphatic heterocycles. The maximum absolute atomic E-state index is 12.2. The number of nitrogens with one attached hydrogen (secondary N) is 1. The highest BCUT2D eigenvalue weighted by Crippen LogP contribution is 2.32. The SMILES string of the molecule is CCOc1nc(C)c(NC(=O)c2cc(Cl)sc2Cl)c(C)n1. The fraction of sp³-hybridized carbons (Fsp3) is 0.308. The molecule has 0 aromatic carbocycles. The van der Waals surface area contributed by atoms with Crippen molar-refractivity contribution in [3.05, 3.63) is 31.7 Å². The molecule has 8 heteroatoms. The Kier molecular flexibility index (Phi) is 5.03. The molecule has 1 amide bonds. The third-order valence-corrected chi connectivity index (χ3v) is 4.15. The Labute approximate surface area is 136 Å². The first kappa shape index (κ1) is 16.0. The number of hydrogen-bond donors (Lipinski definition) is 1. The van der Waals surface area contributed by atoms with Gasteiger partial charge in [0, 0.05) is 0 Å². The number of aromatic nitrogens is 2. The molecule has 0 fully saturated rings. The number of amides is 1. The molecule has 2 aromatic rings. The second kappa shape index (κ2) is 6.60. The monoisotopic (exact) mass is 345 g/mol. The second-order valence-electron chi connectivity index (χ2n) is 4.18. The van der Waals surface area contributed by atoms with Gasteiger partial charge in [0.25, 0.3) is 5.91 Å². The fourth-order valence-electron chi connectivity index (χ4n) is 1.74. The number of ether oxygens (including phenoxy) is 1. The molecule has 112 valence electrons. The smallest absolute Gasteiger partial charge is 0.316 e. The molecule has 0 unspecified atom stereocenters. The van der Waals surface area contributed by atoms with E-state index < -0.39 is 0 Å². The van der Waals surface area contributed by atoms with E-state index in [9.17, 15) is 4.79 Å². The Balaban J connectivity index is 2.27. The summed E-state index contributed by atoms with van der Waals surface area (Å²) in [6.07, 6.45) is 0. The van der Waals surface area contributed by atoms with E-state index in [1.807, 2.05) is 6.92 Å². The van der Waals surface area contributed by atoms with Crippen molar-refractivity contribution >= 4 is 46.1 Å². The minimum Gasteiger partial charge on any atom is -0.464 e. The summed E-state index contributed by atoms with van der Waals surface area (Å²) in [6.45, 7) is 5.88. The first-order valence-corrected chi connectivity index (χ1v) is 7.73. The molecule has 0 atom stereocenters. The first-order valence-electron chi connectivity index (χ1n) is 6.16. The van der Waals surface area contributed by atoms with Crippen LogP contribution in [0.4, 0.5) is 5.69 Å². The van der Waals surface area contributed by atoms with E-state index in [-0.39, 0.29) is 5.91 Å². The van der Waals surface area contributed by atoms with Crippen LogP contribution in [0.1, 0.15) is 28.7 Å². The summed E-state index contributed by atoms with van der Waals surface area (Å²) in [5.41, 5.74) is 2.12. The molecular formula is C13H13Cl2N3O2S. The number of nitrogens with zero attached hydrogens (tertiary/aromatic N) is 2. The van der Waals surface area contributed by atoms with Gasteiger partial charge >= 0.3 is 6.01 Å². The van der Waals surface area contributed by atoms with Crippen molar-refractivity contribution in [3.8, 4) is 6.01 Å². The number of aryl methyl sites for hydroxylation is 2. The molecule has 2 heterocycles. The average molecular weight is 346 g/mol. The Morgan fingerprint density at radius 2 is 1.95 bits per heavy atom. The highest BCUT2D eigenvalue weighted by atomic mass is 35.5. The van der Waals surface area contributed by atoms with Gasteiger partial charge in [-0.25, -0.2) is 0 Å². The van der Waals surface area contributed by atoms with Crippen LogP contribution in [0.15, 0.2) is 6.07 Å². The van der Waals surface area contributed by atoms with Gasteiger partial charge in [-0.15, -0.1) is 11.3 Å². The second-order valence-corrected chi connectivity index (χ2v) is 6.46. The Morgan fingerprint density at radius 3 is 2.43 bits per heavy atom. The third kappa shape index (κ3) is 3.64. The van der Waals surface area contributed by atoms with Crippen LogP contribution in [0.3, 0.4) is 0 Å². The van der Waals surface area contributed by atoms with Gasteiger partial charge < -0.3 is 10.1 Å². The maximum atomic E-state index is 12.2. The lowest BCUT2D eigenvalue weighted by Crippen LogP contribution is -2.15. The minimum absolute atomic E-state index is 0.294. The number of halogens is 2. The predicted molar refractivity (Wildman–Crippen MR) is 85.0 cm³/mol. The fourth-order valence-corrected chi connectivity index (χ4v) is 3.19. The van der Waals surface area contributed by atoms with Crippen LogP contribution in [-0.4, -0.2) is 22.5 Å².